The topological polar surface area (TPSA) is 76.7 Å². The van der Waals surface area contributed by atoms with E-state index in [1.807, 2.05) is 32.9 Å². The number of alkyl carbamates (subject to hydrolysis) is 1. The molecule has 0 atom stereocenters. The molecule has 0 spiro atoms. The second kappa shape index (κ2) is 9.15. The van der Waals surface area contributed by atoms with Crippen LogP contribution in [0.4, 0.5) is 4.79 Å². The third kappa shape index (κ3) is 8.21. The highest BCUT2D eigenvalue weighted by Gasteiger charge is 2.15. The third-order valence-corrected chi connectivity index (χ3v) is 2.90. The molecule has 6 heteroatoms. The molecule has 0 aliphatic rings. The van der Waals surface area contributed by atoms with Crippen LogP contribution in [0.1, 0.15) is 43.1 Å². The van der Waals surface area contributed by atoms with Gasteiger partial charge in [0.05, 0.1) is 12.7 Å². The van der Waals surface area contributed by atoms with E-state index in [0.717, 1.165) is 18.5 Å². The summed E-state index contributed by atoms with van der Waals surface area (Å²) in [6, 6.07) is 7.26. The number of nitrogens with one attached hydrogen (secondary N) is 2. The molecule has 128 valence electrons. The lowest BCUT2D eigenvalue weighted by Crippen LogP contribution is -2.33. The summed E-state index contributed by atoms with van der Waals surface area (Å²) in [7, 11) is 1.36. The molecular formula is C17H26N2O4. The quantitative estimate of drug-likeness (QED) is 0.596. The van der Waals surface area contributed by atoms with Gasteiger partial charge in [0.25, 0.3) is 0 Å². The minimum absolute atomic E-state index is 0.335. The Labute approximate surface area is 137 Å². The minimum atomic E-state index is -0.474. The first kappa shape index (κ1) is 19.0. The molecule has 2 N–H and O–H groups in total. The van der Waals surface area contributed by atoms with E-state index in [-0.39, 0.29) is 5.97 Å². The van der Waals surface area contributed by atoms with E-state index in [9.17, 15) is 9.59 Å². The lowest BCUT2D eigenvalue weighted by Gasteiger charge is -2.19. The maximum Gasteiger partial charge on any atom is 0.407 e. The Kier molecular flexibility index (Phi) is 7.54. The van der Waals surface area contributed by atoms with Crippen molar-refractivity contribution in [3.63, 3.8) is 0 Å². The first-order valence-corrected chi connectivity index (χ1v) is 7.66. The summed E-state index contributed by atoms with van der Waals surface area (Å²) >= 11 is 0. The standard InChI is InChI=1S/C17H26N2O4/c1-17(2,3)23-16(21)19-11-5-10-18-12-13-6-8-14(9-7-13)15(20)22-4/h6-9,18H,5,10-12H2,1-4H3,(H,19,21). The molecule has 0 aliphatic carbocycles. The molecule has 0 bridgehead atoms. The van der Waals surface area contributed by atoms with Crippen LogP contribution >= 0.6 is 0 Å². The number of hydrogen-bond donors (Lipinski definition) is 2. The Morgan fingerprint density at radius 1 is 1.09 bits per heavy atom. The van der Waals surface area contributed by atoms with Gasteiger partial charge in [0.2, 0.25) is 0 Å². The zero-order chi connectivity index (χ0) is 17.3. The highest BCUT2D eigenvalue weighted by molar-refractivity contribution is 5.89. The maximum atomic E-state index is 11.4. The summed E-state index contributed by atoms with van der Waals surface area (Å²) in [4.78, 5) is 22.7. The first-order valence-electron chi connectivity index (χ1n) is 7.66. The Morgan fingerprint density at radius 2 is 1.74 bits per heavy atom. The summed E-state index contributed by atoms with van der Waals surface area (Å²) in [5.74, 6) is -0.335. The average molecular weight is 322 g/mol. The number of esters is 1. The van der Waals surface area contributed by atoms with Crippen LogP contribution in [0.25, 0.3) is 0 Å². The summed E-state index contributed by atoms with van der Waals surface area (Å²) < 4.78 is 9.80. The monoisotopic (exact) mass is 322 g/mol. The Balaban J connectivity index is 2.16. The van der Waals surface area contributed by atoms with Crippen LogP contribution in [0, 0.1) is 0 Å². The number of methoxy groups -OCH3 is 1. The van der Waals surface area contributed by atoms with Crippen molar-refractivity contribution in [2.75, 3.05) is 20.2 Å². The van der Waals surface area contributed by atoms with Crippen molar-refractivity contribution >= 4 is 12.1 Å². The normalized spacial score (nSPS) is 11.0. The largest absolute Gasteiger partial charge is 0.465 e. The predicted molar refractivity (Wildman–Crippen MR) is 88.3 cm³/mol. The van der Waals surface area contributed by atoms with Crippen LogP contribution in [-0.4, -0.2) is 37.9 Å². The lowest BCUT2D eigenvalue weighted by atomic mass is 10.1. The van der Waals surface area contributed by atoms with Gasteiger partial charge in [-0.3, -0.25) is 0 Å². The molecule has 0 aromatic heterocycles. The van der Waals surface area contributed by atoms with Gasteiger partial charge in [-0.25, -0.2) is 9.59 Å². The van der Waals surface area contributed by atoms with Crippen LogP contribution in [0.5, 0.6) is 0 Å². The number of carbonyl (C=O) groups excluding carboxylic acids is 2. The molecule has 1 amide bonds. The van der Waals surface area contributed by atoms with Crippen molar-refractivity contribution < 1.29 is 19.1 Å². The van der Waals surface area contributed by atoms with E-state index >= 15 is 0 Å². The molecule has 23 heavy (non-hydrogen) atoms. The van der Waals surface area contributed by atoms with Crippen molar-refractivity contribution in [3.05, 3.63) is 35.4 Å². The average Bonchev–Trinajstić information content (AvgIpc) is 2.48. The van der Waals surface area contributed by atoms with Crippen molar-refractivity contribution in [3.8, 4) is 0 Å². The number of amides is 1. The van der Waals surface area contributed by atoms with Gasteiger partial charge >= 0.3 is 12.1 Å². The van der Waals surface area contributed by atoms with Crippen LogP contribution in [0.2, 0.25) is 0 Å². The lowest BCUT2D eigenvalue weighted by molar-refractivity contribution is 0.0526. The summed E-state index contributed by atoms with van der Waals surface area (Å²) in [5.41, 5.74) is 1.15. The van der Waals surface area contributed by atoms with Gasteiger partial charge in [-0.15, -0.1) is 0 Å². The molecular weight excluding hydrogens is 296 g/mol. The molecule has 0 heterocycles. The van der Waals surface area contributed by atoms with Gasteiger partial charge in [-0.05, 0) is 51.4 Å². The van der Waals surface area contributed by atoms with E-state index in [2.05, 4.69) is 15.4 Å². The van der Waals surface area contributed by atoms with Crippen LogP contribution < -0.4 is 10.6 Å². The third-order valence-electron chi connectivity index (χ3n) is 2.90. The fraction of sp³-hybridized carbons (Fsp3) is 0.529. The van der Waals surface area contributed by atoms with Gasteiger partial charge < -0.3 is 20.1 Å². The van der Waals surface area contributed by atoms with Crippen molar-refractivity contribution in [2.45, 2.75) is 39.3 Å². The minimum Gasteiger partial charge on any atom is -0.465 e. The number of carbonyl (C=O) groups is 2. The van der Waals surface area contributed by atoms with Gasteiger partial charge in [0, 0.05) is 13.1 Å². The number of ether oxygens (including phenoxy) is 2. The Bertz CT molecular complexity index is 506. The summed E-state index contributed by atoms with van der Waals surface area (Å²) in [5, 5.41) is 5.99. The molecule has 1 aromatic rings. The molecule has 0 fully saturated rings. The highest BCUT2D eigenvalue weighted by atomic mass is 16.6. The van der Waals surface area contributed by atoms with Gasteiger partial charge in [-0.2, -0.15) is 0 Å². The maximum absolute atomic E-state index is 11.4. The SMILES string of the molecule is COC(=O)c1ccc(CNCCCNC(=O)OC(C)(C)C)cc1. The second-order valence-corrected chi connectivity index (χ2v) is 6.15. The molecule has 6 nitrogen and oxygen atoms in total. The molecule has 0 radical (unpaired) electrons. The predicted octanol–water partition coefficient (Wildman–Crippen LogP) is 2.48. The van der Waals surface area contributed by atoms with Gasteiger partial charge in [-0.1, -0.05) is 12.1 Å². The fourth-order valence-electron chi connectivity index (χ4n) is 1.83. The molecule has 1 rings (SSSR count). The Morgan fingerprint density at radius 3 is 2.30 bits per heavy atom. The molecule has 1 aromatic carbocycles. The van der Waals surface area contributed by atoms with E-state index in [4.69, 9.17) is 4.74 Å². The van der Waals surface area contributed by atoms with Gasteiger partial charge in [0.15, 0.2) is 0 Å². The zero-order valence-electron chi connectivity index (χ0n) is 14.3. The number of hydrogen-bond acceptors (Lipinski definition) is 5. The van der Waals surface area contributed by atoms with E-state index < -0.39 is 11.7 Å². The zero-order valence-corrected chi connectivity index (χ0v) is 14.3. The van der Waals surface area contributed by atoms with Crippen LogP contribution in [0.15, 0.2) is 24.3 Å². The molecule has 0 saturated heterocycles. The van der Waals surface area contributed by atoms with E-state index in [1.165, 1.54) is 7.11 Å². The van der Waals surface area contributed by atoms with E-state index in [1.54, 1.807) is 12.1 Å². The van der Waals surface area contributed by atoms with Crippen molar-refractivity contribution in [1.82, 2.24) is 10.6 Å². The van der Waals surface area contributed by atoms with E-state index in [0.29, 0.717) is 18.7 Å². The molecule has 0 saturated carbocycles. The molecule has 0 unspecified atom stereocenters. The van der Waals surface area contributed by atoms with Crippen LogP contribution in [-0.2, 0) is 16.0 Å². The Hall–Kier alpha value is -2.08. The van der Waals surface area contributed by atoms with Crippen molar-refractivity contribution in [1.29, 1.82) is 0 Å². The number of rotatable bonds is 7. The fourth-order valence-corrected chi connectivity index (χ4v) is 1.83. The number of benzene rings is 1. The molecule has 0 aliphatic heterocycles. The highest BCUT2D eigenvalue weighted by Crippen LogP contribution is 2.06. The first-order chi connectivity index (χ1) is 10.8. The van der Waals surface area contributed by atoms with Crippen molar-refractivity contribution in [2.24, 2.45) is 0 Å². The summed E-state index contributed by atoms with van der Waals surface area (Å²) in [6.45, 7) is 7.53. The van der Waals surface area contributed by atoms with Gasteiger partial charge in [0.1, 0.15) is 5.60 Å². The van der Waals surface area contributed by atoms with Crippen LogP contribution in [0.3, 0.4) is 0 Å². The summed E-state index contributed by atoms with van der Waals surface area (Å²) in [6.07, 6.45) is 0.412. The second-order valence-electron chi connectivity index (χ2n) is 6.15. The smallest absolute Gasteiger partial charge is 0.407 e.